The zero-order valence-corrected chi connectivity index (χ0v) is 16.2. The Morgan fingerprint density at radius 2 is 1.86 bits per heavy atom. The molecule has 1 aliphatic carbocycles. The normalized spacial score (nSPS) is 19.2. The van der Waals surface area contributed by atoms with Crippen molar-refractivity contribution in [3.05, 3.63) is 63.5 Å². The van der Waals surface area contributed by atoms with Crippen LogP contribution in [0.1, 0.15) is 24.8 Å². The third kappa shape index (κ3) is 3.70. The molecule has 4 N–H and O–H groups in total. The van der Waals surface area contributed by atoms with Gasteiger partial charge in [0, 0.05) is 16.6 Å². The molecule has 1 aromatic heterocycles. The van der Waals surface area contributed by atoms with Crippen molar-refractivity contribution in [3.8, 4) is 0 Å². The van der Waals surface area contributed by atoms with E-state index in [2.05, 4.69) is 9.97 Å². The minimum atomic E-state index is -0.262. The number of imidazole rings is 1. The zero-order valence-electron chi connectivity index (χ0n) is 15.5. The summed E-state index contributed by atoms with van der Waals surface area (Å²) in [5.41, 5.74) is 8.79. The minimum absolute atomic E-state index is 0.0710. The van der Waals surface area contributed by atoms with Crippen LogP contribution in [-0.4, -0.2) is 22.4 Å². The third-order valence-corrected chi connectivity index (χ3v) is 5.86. The van der Waals surface area contributed by atoms with E-state index >= 15 is 0 Å². The van der Waals surface area contributed by atoms with Crippen LogP contribution >= 0.6 is 11.6 Å². The van der Waals surface area contributed by atoms with Crippen LogP contribution in [-0.2, 0) is 11.3 Å². The zero-order chi connectivity index (χ0) is 19.7. The van der Waals surface area contributed by atoms with Crippen molar-refractivity contribution in [2.24, 2.45) is 17.6 Å². The summed E-state index contributed by atoms with van der Waals surface area (Å²) in [5, 5.41) is 0.659. The molecule has 2 aromatic carbocycles. The molecule has 146 valence electrons. The second-order valence-corrected chi connectivity index (χ2v) is 7.83. The van der Waals surface area contributed by atoms with Gasteiger partial charge >= 0.3 is 5.69 Å². The average molecular weight is 399 g/mol. The van der Waals surface area contributed by atoms with E-state index in [9.17, 15) is 9.59 Å². The van der Waals surface area contributed by atoms with Gasteiger partial charge in [-0.2, -0.15) is 0 Å². The molecule has 0 aliphatic heterocycles. The highest BCUT2D eigenvalue weighted by molar-refractivity contribution is 6.30. The number of carbonyl (C=O) groups is 1. The molecule has 6 nitrogen and oxygen atoms in total. The van der Waals surface area contributed by atoms with E-state index in [0.29, 0.717) is 29.1 Å². The number of anilines is 1. The monoisotopic (exact) mass is 398 g/mol. The molecule has 7 heteroatoms. The fraction of sp³-hybridized carbons (Fsp3) is 0.333. The second-order valence-electron chi connectivity index (χ2n) is 7.39. The molecule has 1 heterocycles. The first kappa shape index (κ1) is 18.8. The molecule has 1 amide bonds. The number of aromatic amines is 2. The van der Waals surface area contributed by atoms with Crippen molar-refractivity contribution < 1.29 is 4.79 Å². The van der Waals surface area contributed by atoms with E-state index in [4.69, 9.17) is 17.3 Å². The highest BCUT2D eigenvalue weighted by Gasteiger charge is 2.35. The van der Waals surface area contributed by atoms with Gasteiger partial charge in [0.2, 0.25) is 5.91 Å². The number of benzene rings is 2. The summed E-state index contributed by atoms with van der Waals surface area (Å²) in [6.45, 7) is 0.958. The fourth-order valence-corrected chi connectivity index (χ4v) is 4.23. The van der Waals surface area contributed by atoms with Crippen molar-refractivity contribution in [1.82, 2.24) is 9.97 Å². The van der Waals surface area contributed by atoms with Gasteiger partial charge in [-0.3, -0.25) is 4.79 Å². The highest BCUT2D eigenvalue weighted by atomic mass is 35.5. The Morgan fingerprint density at radius 1 is 1.11 bits per heavy atom. The van der Waals surface area contributed by atoms with Crippen molar-refractivity contribution in [3.63, 3.8) is 0 Å². The number of fused-ring (bicyclic) bond motifs is 1. The molecule has 0 unspecified atom stereocenters. The second kappa shape index (κ2) is 7.81. The summed E-state index contributed by atoms with van der Waals surface area (Å²) in [6.07, 6.45) is 2.88. The van der Waals surface area contributed by atoms with E-state index < -0.39 is 0 Å². The number of halogens is 1. The summed E-state index contributed by atoms with van der Waals surface area (Å²) in [6, 6.07) is 13.0. The predicted molar refractivity (Wildman–Crippen MR) is 111 cm³/mol. The van der Waals surface area contributed by atoms with E-state index in [0.717, 1.165) is 30.5 Å². The van der Waals surface area contributed by atoms with Gasteiger partial charge in [-0.05, 0) is 61.2 Å². The number of rotatable bonds is 5. The Bertz CT molecular complexity index is 1040. The topological polar surface area (TPSA) is 95.0 Å². The molecule has 0 spiro atoms. The molecule has 0 saturated heterocycles. The summed E-state index contributed by atoms with van der Waals surface area (Å²) in [4.78, 5) is 32.4. The van der Waals surface area contributed by atoms with E-state index in [-0.39, 0.29) is 23.4 Å². The first-order chi connectivity index (χ1) is 13.5. The molecule has 4 rings (SSSR count). The van der Waals surface area contributed by atoms with Crippen LogP contribution in [0.3, 0.4) is 0 Å². The van der Waals surface area contributed by atoms with E-state index in [1.165, 1.54) is 0 Å². The molecule has 1 saturated carbocycles. The number of hydrogen-bond donors (Lipinski definition) is 3. The molecule has 1 aliphatic rings. The number of amides is 1. The number of nitrogens with zero attached hydrogens (tertiary/aromatic N) is 1. The van der Waals surface area contributed by atoms with Crippen LogP contribution in [0.15, 0.2) is 47.3 Å². The van der Waals surface area contributed by atoms with Gasteiger partial charge in [0.05, 0.1) is 17.6 Å². The Kier molecular flexibility index (Phi) is 5.24. The largest absolute Gasteiger partial charge is 0.330 e. The molecule has 28 heavy (non-hydrogen) atoms. The third-order valence-electron chi connectivity index (χ3n) is 5.61. The summed E-state index contributed by atoms with van der Waals surface area (Å²) >= 11 is 6.01. The predicted octanol–water partition coefficient (Wildman–Crippen LogP) is 3.42. The maximum absolute atomic E-state index is 13.5. The van der Waals surface area contributed by atoms with Gasteiger partial charge < -0.3 is 20.6 Å². The van der Waals surface area contributed by atoms with Gasteiger partial charge in [0.25, 0.3) is 0 Å². The quantitative estimate of drug-likeness (QED) is 0.614. The van der Waals surface area contributed by atoms with Crippen LogP contribution in [0.5, 0.6) is 0 Å². The number of hydrogen-bond acceptors (Lipinski definition) is 3. The molecule has 0 radical (unpaired) electrons. The Morgan fingerprint density at radius 3 is 2.61 bits per heavy atom. The molecular formula is C21H23ClN4O2. The highest BCUT2D eigenvalue weighted by Crippen LogP contribution is 2.34. The molecule has 2 atom stereocenters. The van der Waals surface area contributed by atoms with Gasteiger partial charge in [-0.25, -0.2) is 4.79 Å². The van der Waals surface area contributed by atoms with Crippen molar-refractivity contribution in [2.45, 2.75) is 25.8 Å². The van der Waals surface area contributed by atoms with Gasteiger partial charge in [0.15, 0.2) is 0 Å². The maximum Gasteiger partial charge on any atom is 0.323 e. The SMILES string of the molecule is NC[C@H]1CCC[C@H]1C(=O)N(Cc1ccc(Cl)cc1)c1ccc2[nH]c(=O)[nH]c2c1. The molecule has 1 fully saturated rings. The average Bonchev–Trinajstić information content (AvgIpc) is 3.31. The number of nitrogens with one attached hydrogen (secondary N) is 2. The van der Waals surface area contributed by atoms with Crippen LogP contribution < -0.4 is 16.3 Å². The lowest BCUT2D eigenvalue weighted by atomic mass is 9.94. The lowest BCUT2D eigenvalue weighted by Crippen LogP contribution is -2.38. The molecule has 0 bridgehead atoms. The molecule has 3 aromatic rings. The van der Waals surface area contributed by atoms with Gasteiger partial charge in [0.1, 0.15) is 0 Å². The smallest absolute Gasteiger partial charge is 0.323 e. The molecular weight excluding hydrogens is 376 g/mol. The van der Waals surface area contributed by atoms with Crippen LogP contribution in [0.4, 0.5) is 5.69 Å². The van der Waals surface area contributed by atoms with Gasteiger partial charge in [-0.1, -0.05) is 30.2 Å². The van der Waals surface area contributed by atoms with E-state index in [1.807, 2.05) is 42.5 Å². The maximum atomic E-state index is 13.5. The standard InChI is InChI=1S/C21H23ClN4O2/c22-15-6-4-13(5-7-15)12-26(20(27)17-3-1-2-14(17)11-23)16-8-9-18-19(10-16)25-21(28)24-18/h4-10,14,17H,1-3,11-12,23H2,(H2,24,25,28)/t14-,17-/m1/s1. The lowest BCUT2D eigenvalue weighted by molar-refractivity contribution is -0.123. The number of H-pyrrole nitrogens is 2. The Labute approximate surface area is 167 Å². The van der Waals surface area contributed by atoms with Crippen molar-refractivity contribution in [1.29, 1.82) is 0 Å². The number of carbonyl (C=O) groups excluding carboxylic acids is 1. The van der Waals surface area contributed by atoms with Crippen molar-refractivity contribution in [2.75, 3.05) is 11.4 Å². The number of nitrogens with two attached hydrogens (primary N) is 1. The van der Waals surface area contributed by atoms with Crippen molar-refractivity contribution >= 4 is 34.2 Å². The number of aromatic nitrogens is 2. The minimum Gasteiger partial charge on any atom is -0.330 e. The van der Waals surface area contributed by atoms with E-state index in [1.54, 1.807) is 4.90 Å². The Hall–Kier alpha value is -2.57. The van der Waals surface area contributed by atoms with Crippen LogP contribution in [0.25, 0.3) is 11.0 Å². The summed E-state index contributed by atoms with van der Waals surface area (Å²) in [7, 11) is 0. The lowest BCUT2D eigenvalue weighted by Gasteiger charge is -2.28. The Balaban J connectivity index is 1.71. The van der Waals surface area contributed by atoms with Gasteiger partial charge in [-0.15, -0.1) is 0 Å². The first-order valence-corrected chi connectivity index (χ1v) is 9.91. The summed E-state index contributed by atoms with van der Waals surface area (Å²) < 4.78 is 0. The summed E-state index contributed by atoms with van der Waals surface area (Å²) in [5.74, 6) is 0.231. The fourth-order valence-electron chi connectivity index (χ4n) is 4.10. The first-order valence-electron chi connectivity index (χ1n) is 9.53. The van der Waals surface area contributed by atoms with Crippen LogP contribution in [0, 0.1) is 11.8 Å². The van der Waals surface area contributed by atoms with Crippen LogP contribution in [0.2, 0.25) is 5.02 Å².